The van der Waals surface area contributed by atoms with Gasteiger partial charge in [0.15, 0.2) is 0 Å². The van der Waals surface area contributed by atoms with Crippen molar-refractivity contribution in [2.75, 3.05) is 5.73 Å². The van der Waals surface area contributed by atoms with E-state index in [1.54, 1.807) is 10.7 Å². The largest absolute Gasteiger partial charge is 0.367 e. The highest BCUT2D eigenvalue weighted by Gasteiger charge is 2.03. The highest BCUT2D eigenvalue weighted by atomic mass is 19.1. The Morgan fingerprint density at radius 3 is 2.93 bits per heavy atom. The zero-order valence-electron chi connectivity index (χ0n) is 8.31. The maximum atomic E-state index is 13.0. The van der Waals surface area contributed by atoms with Crippen molar-refractivity contribution in [1.29, 1.82) is 0 Å². The molecule has 0 aliphatic carbocycles. The van der Waals surface area contributed by atoms with Gasteiger partial charge in [0.25, 0.3) is 0 Å². The molecule has 78 valence electrons. The zero-order chi connectivity index (χ0) is 10.8. The fourth-order valence-corrected chi connectivity index (χ4v) is 1.37. The van der Waals surface area contributed by atoms with Gasteiger partial charge in [0.05, 0.1) is 6.54 Å². The minimum atomic E-state index is -0.247. The third-order valence-electron chi connectivity index (χ3n) is 2.20. The summed E-state index contributed by atoms with van der Waals surface area (Å²) in [6, 6.07) is 4.67. The summed E-state index contributed by atoms with van der Waals surface area (Å²) in [4.78, 5) is 3.80. The molecule has 0 saturated carbocycles. The number of aromatic nitrogens is 3. The molecule has 1 heterocycles. The molecule has 0 unspecified atom stereocenters. The first-order chi connectivity index (χ1) is 7.15. The molecule has 0 radical (unpaired) electrons. The van der Waals surface area contributed by atoms with Crippen LogP contribution in [0.1, 0.15) is 11.1 Å². The van der Waals surface area contributed by atoms with Crippen LogP contribution in [0.5, 0.6) is 0 Å². The number of nitrogens with two attached hydrogens (primary N) is 1. The lowest BCUT2D eigenvalue weighted by atomic mass is 10.1. The number of hydrogen-bond acceptors (Lipinski definition) is 3. The smallest absolute Gasteiger partial charge is 0.239 e. The van der Waals surface area contributed by atoms with Crippen molar-refractivity contribution >= 4 is 5.95 Å². The van der Waals surface area contributed by atoms with E-state index in [0.29, 0.717) is 6.54 Å². The molecule has 0 saturated heterocycles. The first kappa shape index (κ1) is 9.64. The first-order valence-corrected chi connectivity index (χ1v) is 4.55. The van der Waals surface area contributed by atoms with Crippen LogP contribution in [0.2, 0.25) is 0 Å². The molecule has 0 atom stereocenters. The monoisotopic (exact) mass is 206 g/mol. The van der Waals surface area contributed by atoms with Gasteiger partial charge in [-0.25, -0.2) is 14.1 Å². The molecule has 1 aromatic carbocycles. The molecular weight excluding hydrogens is 195 g/mol. The topological polar surface area (TPSA) is 56.7 Å². The maximum Gasteiger partial charge on any atom is 0.239 e. The molecule has 0 amide bonds. The van der Waals surface area contributed by atoms with Crippen molar-refractivity contribution in [1.82, 2.24) is 14.8 Å². The predicted molar refractivity (Wildman–Crippen MR) is 54.7 cm³/mol. The minimum absolute atomic E-state index is 0.226. The van der Waals surface area contributed by atoms with E-state index in [2.05, 4.69) is 10.1 Å². The Bertz CT molecular complexity index is 478. The van der Waals surface area contributed by atoms with Gasteiger partial charge in [-0.15, -0.1) is 5.10 Å². The number of nitrogens with zero attached hydrogens (tertiary/aromatic N) is 3. The second-order valence-electron chi connectivity index (χ2n) is 3.37. The van der Waals surface area contributed by atoms with E-state index in [1.165, 1.54) is 18.5 Å². The van der Waals surface area contributed by atoms with Gasteiger partial charge in [0, 0.05) is 0 Å². The van der Waals surface area contributed by atoms with Crippen molar-refractivity contribution < 1.29 is 4.39 Å². The number of hydrogen-bond donors (Lipinski definition) is 1. The summed E-state index contributed by atoms with van der Waals surface area (Å²) >= 11 is 0. The average Bonchev–Trinajstić information content (AvgIpc) is 2.58. The molecule has 2 N–H and O–H groups in total. The summed E-state index contributed by atoms with van der Waals surface area (Å²) in [6.45, 7) is 2.41. The second-order valence-corrected chi connectivity index (χ2v) is 3.37. The number of nitrogen functional groups attached to an aromatic ring is 1. The normalized spacial score (nSPS) is 10.5. The van der Waals surface area contributed by atoms with Crippen LogP contribution in [0.3, 0.4) is 0 Å². The van der Waals surface area contributed by atoms with Crippen molar-refractivity contribution in [3.05, 3.63) is 41.5 Å². The van der Waals surface area contributed by atoms with Gasteiger partial charge in [-0.1, -0.05) is 6.07 Å². The molecule has 0 spiro atoms. The number of rotatable bonds is 2. The van der Waals surface area contributed by atoms with Crippen molar-refractivity contribution in [3.63, 3.8) is 0 Å². The molecule has 0 fully saturated rings. The fourth-order valence-electron chi connectivity index (χ4n) is 1.37. The second kappa shape index (κ2) is 3.68. The van der Waals surface area contributed by atoms with Crippen LogP contribution in [0.4, 0.5) is 10.3 Å². The average molecular weight is 206 g/mol. The third-order valence-corrected chi connectivity index (χ3v) is 2.20. The molecule has 1 aromatic heterocycles. The highest BCUT2D eigenvalue weighted by Crippen LogP contribution is 2.11. The lowest BCUT2D eigenvalue weighted by molar-refractivity contribution is 0.618. The van der Waals surface area contributed by atoms with Crippen LogP contribution in [-0.2, 0) is 6.54 Å². The lowest BCUT2D eigenvalue weighted by Crippen LogP contribution is -2.03. The Hall–Kier alpha value is -1.91. The van der Waals surface area contributed by atoms with Crippen LogP contribution in [0.15, 0.2) is 24.5 Å². The van der Waals surface area contributed by atoms with E-state index >= 15 is 0 Å². The Kier molecular flexibility index (Phi) is 2.37. The Morgan fingerprint density at radius 1 is 1.47 bits per heavy atom. The molecule has 4 nitrogen and oxygen atoms in total. The molecule has 0 aliphatic heterocycles. The summed E-state index contributed by atoms with van der Waals surface area (Å²) in [5.74, 6) is -0.0206. The summed E-state index contributed by atoms with van der Waals surface area (Å²) in [6.07, 6.45) is 1.53. The Labute approximate surface area is 86.6 Å². The number of aryl methyl sites for hydroxylation is 1. The van der Waals surface area contributed by atoms with E-state index in [-0.39, 0.29) is 11.8 Å². The third kappa shape index (κ3) is 2.12. The molecule has 5 heteroatoms. The van der Waals surface area contributed by atoms with E-state index in [9.17, 15) is 4.39 Å². The van der Waals surface area contributed by atoms with Crippen LogP contribution in [0.25, 0.3) is 0 Å². The highest BCUT2D eigenvalue weighted by molar-refractivity contribution is 5.26. The lowest BCUT2D eigenvalue weighted by Gasteiger charge is -2.05. The van der Waals surface area contributed by atoms with Gasteiger partial charge >= 0.3 is 0 Å². The summed E-state index contributed by atoms with van der Waals surface area (Å²) in [5.41, 5.74) is 7.28. The van der Waals surface area contributed by atoms with Crippen molar-refractivity contribution in [2.24, 2.45) is 0 Å². The predicted octanol–water partition coefficient (Wildman–Crippen LogP) is 1.36. The number of halogens is 1. The number of benzene rings is 1. The van der Waals surface area contributed by atoms with E-state index in [4.69, 9.17) is 5.73 Å². The van der Waals surface area contributed by atoms with Gasteiger partial charge in [-0.2, -0.15) is 0 Å². The van der Waals surface area contributed by atoms with Crippen LogP contribution < -0.4 is 5.73 Å². The van der Waals surface area contributed by atoms with Gasteiger partial charge in [0.2, 0.25) is 5.95 Å². The first-order valence-electron chi connectivity index (χ1n) is 4.55. The zero-order valence-corrected chi connectivity index (χ0v) is 8.31. The standard InChI is InChI=1S/C10H11FN4/c1-7-2-3-9(11)4-8(7)5-15-6-13-10(12)14-15/h2-4,6H,5H2,1H3,(H2,12,14). The molecule has 2 rings (SSSR count). The van der Waals surface area contributed by atoms with Crippen LogP contribution in [-0.4, -0.2) is 14.8 Å². The Morgan fingerprint density at radius 2 is 2.27 bits per heavy atom. The SMILES string of the molecule is Cc1ccc(F)cc1Cn1cnc(N)n1. The van der Waals surface area contributed by atoms with E-state index < -0.39 is 0 Å². The van der Waals surface area contributed by atoms with Gasteiger partial charge in [-0.05, 0) is 30.2 Å². The molecular formula is C10H11FN4. The van der Waals surface area contributed by atoms with Crippen LogP contribution >= 0.6 is 0 Å². The van der Waals surface area contributed by atoms with Crippen LogP contribution in [0, 0.1) is 12.7 Å². The van der Waals surface area contributed by atoms with Crippen molar-refractivity contribution in [2.45, 2.75) is 13.5 Å². The van der Waals surface area contributed by atoms with Crippen molar-refractivity contribution in [3.8, 4) is 0 Å². The Balaban J connectivity index is 2.27. The fraction of sp³-hybridized carbons (Fsp3) is 0.200. The minimum Gasteiger partial charge on any atom is -0.367 e. The molecule has 15 heavy (non-hydrogen) atoms. The summed E-state index contributed by atoms with van der Waals surface area (Å²) in [5, 5.41) is 3.94. The van der Waals surface area contributed by atoms with Gasteiger partial charge < -0.3 is 5.73 Å². The molecule has 0 aliphatic rings. The van der Waals surface area contributed by atoms with Gasteiger partial charge in [-0.3, -0.25) is 0 Å². The van der Waals surface area contributed by atoms with Gasteiger partial charge in [0.1, 0.15) is 12.1 Å². The number of anilines is 1. The molecule has 2 aromatic rings. The maximum absolute atomic E-state index is 13.0. The van der Waals surface area contributed by atoms with E-state index in [1.807, 2.05) is 6.92 Å². The molecule has 0 bridgehead atoms. The summed E-state index contributed by atoms with van der Waals surface area (Å²) in [7, 11) is 0. The van der Waals surface area contributed by atoms with E-state index in [0.717, 1.165) is 11.1 Å². The quantitative estimate of drug-likeness (QED) is 0.807. The summed E-state index contributed by atoms with van der Waals surface area (Å²) < 4.78 is 14.6.